The van der Waals surface area contributed by atoms with Gasteiger partial charge in [0.05, 0.1) is 0 Å². The van der Waals surface area contributed by atoms with Crippen LogP contribution in [-0.2, 0) is 0 Å². The summed E-state index contributed by atoms with van der Waals surface area (Å²) in [6, 6.07) is 13.8. The lowest BCUT2D eigenvalue weighted by Crippen LogP contribution is -2.20. The van der Waals surface area contributed by atoms with Gasteiger partial charge in [-0.15, -0.1) is 0 Å². The monoisotopic (exact) mass is 367 g/mol. The molecule has 0 radical (unpaired) electrons. The van der Waals surface area contributed by atoms with Crippen LogP contribution in [0.1, 0.15) is 12.8 Å². The summed E-state index contributed by atoms with van der Waals surface area (Å²) >= 11 is 3.13. The van der Waals surface area contributed by atoms with Gasteiger partial charge in [-0.05, 0) is 60.6 Å². The van der Waals surface area contributed by atoms with Crippen LogP contribution in [0, 0.1) is 0 Å². The SMILES string of the molecule is c1ccc(Sc2cc(Sc3ccccn3)nc(N3CCCC3)n2)nc1. The van der Waals surface area contributed by atoms with Crippen LogP contribution in [-0.4, -0.2) is 33.0 Å². The molecule has 1 aliphatic heterocycles. The van der Waals surface area contributed by atoms with Gasteiger partial charge in [-0.3, -0.25) is 0 Å². The van der Waals surface area contributed by atoms with Crippen molar-refractivity contribution in [1.82, 2.24) is 19.9 Å². The first-order valence-electron chi connectivity index (χ1n) is 8.19. The molecule has 1 saturated heterocycles. The van der Waals surface area contributed by atoms with Gasteiger partial charge in [0.15, 0.2) is 0 Å². The summed E-state index contributed by atoms with van der Waals surface area (Å²) in [5.74, 6) is 0.803. The fraction of sp³-hybridized carbons (Fsp3) is 0.222. The lowest BCUT2D eigenvalue weighted by Gasteiger charge is -2.16. The van der Waals surface area contributed by atoms with Crippen molar-refractivity contribution in [3.63, 3.8) is 0 Å². The normalized spacial score (nSPS) is 14.0. The Bertz CT molecular complexity index is 764. The average Bonchev–Trinajstić information content (AvgIpc) is 3.18. The largest absolute Gasteiger partial charge is 0.341 e. The van der Waals surface area contributed by atoms with Crippen LogP contribution in [0.2, 0.25) is 0 Å². The van der Waals surface area contributed by atoms with Crippen molar-refractivity contribution in [3.8, 4) is 0 Å². The molecule has 0 unspecified atom stereocenters. The van der Waals surface area contributed by atoms with E-state index in [9.17, 15) is 0 Å². The molecule has 0 bridgehead atoms. The van der Waals surface area contributed by atoms with Crippen LogP contribution >= 0.6 is 23.5 Å². The minimum absolute atomic E-state index is 0.803. The zero-order valence-corrected chi connectivity index (χ0v) is 15.2. The Labute approximate surface area is 155 Å². The maximum Gasteiger partial charge on any atom is 0.227 e. The zero-order chi connectivity index (χ0) is 16.9. The molecule has 126 valence electrons. The first kappa shape index (κ1) is 16.4. The number of hydrogen-bond donors (Lipinski definition) is 0. The topological polar surface area (TPSA) is 54.8 Å². The molecule has 25 heavy (non-hydrogen) atoms. The smallest absolute Gasteiger partial charge is 0.227 e. The molecule has 3 aromatic heterocycles. The quantitative estimate of drug-likeness (QED) is 0.627. The Kier molecular flexibility index (Phi) is 5.13. The van der Waals surface area contributed by atoms with E-state index in [1.165, 1.54) is 12.8 Å². The molecule has 7 heteroatoms. The zero-order valence-electron chi connectivity index (χ0n) is 13.6. The molecule has 0 atom stereocenters. The minimum Gasteiger partial charge on any atom is -0.341 e. The van der Waals surface area contributed by atoms with Crippen LogP contribution < -0.4 is 4.90 Å². The lowest BCUT2D eigenvalue weighted by atomic mass is 10.4. The van der Waals surface area contributed by atoms with Gasteiger partial charge in [-0.25, -0.2) is 19.9 Å². The van der Waals surface area contributed by atoms with E-state index in [-0.39, 0.29) is 0 Å². The van der Waals surface area contributed by atoms with Crippen LogP contribution in [0.4, 0.5) is 5.95 Å². The predicted octanol–water partition coefficient (Wildman–Crippen LogP) is 4.17. The van der Waals surface area contributed by atoms with Crippen LogP contribution in [0.25, 0.3) is 0 Å². The molecule has 0 aliphatic carbocycles. The third-order valence-electron chi connectivity index (χ3n) is 3.75. The summed E-state index contributed by atoms with van der Waals surface area (Å²) in [6.45, 7) is 2.04. The summed E-state index contributed by atoms with van der Waals surface area (Å²) in [7, 11) is 0. The highest BCUT2D eigenvalue weighted by atomic mass is 32.2. The molecule has 4 heterocycles. The molecule has 4 rings (SSSR count). The number of aromatic nitrogens is 4. The summed E-state index contributed by atoms with van der Waals surface area (Å²) in [6.07, 6.45) is 6.00. The Morgan fingerprint density at radius 3 is 1.76 bits per heavy atom. The first-order chi connectivity index (χ1) is 12.4. The average molecular weight is 368 g/mol. The maximum atomic E-state index is 4.76. The number of anilines is 1. The van der Waals surface area contributed by atoms with Gasteiger partial charge in [0.1, 0.15) is 20.1 Å². The third kappa shape index (κ3) is 4.29. The van der Waals surface area contributed by atoms with Crippen molar-refractivity contribution in [2.45, 2.75) is 32.9 Å². The number of nitrogens with zero attached hydrogens (tertiary/aromatic N) is 5. The highest BCUT2D eigenvalue weighted by Crippen LogP contribution is 2.32. The molecule has 0 saturated carbocycles. The van der Waals surface area contributed by atoms with Gasteiger partial charge < -0.3 is 4.90 Å². The Morgan fingerprint density at radius 2 is 1.28 bits per heavy atom. The van der Waals surface area contributed by atoms with E-state index < -0.39 is 0 Å². The Morgan fingerprint density at radius 1 is 0.720 bits per heavy atom. The van der Waals surface area contributed by atoms with E-state index in [4.69, 9.17) is 9.97 Å². The van der Waals surface area contributed by atoms with Crippen molar-refractivity contribution in [3.05, 3.63) is 54.9 Å². The van der Waals surface area contributed by atoms with Crippen molar-refractivity contribution < 1.29 is 0 Å². The Balaban J connectivity index is 1.65. The number of hydrogen-bond acceptors (Lipinski definition) is 7. The third-order valence-corrected chi connectivity index (χ3v) is 5.49. The standard InChI is InChI=1S/C18H17N5S2/c1-3-9-19-14(7-1)24-16-13-17(25-15-8-2-4-10-20-15)22-18(21-16)23-11-5-6-12-23/h1-4,7-10,13H,5-6,11-12H2. The number of pyridine rings is 2. The summed E-state index contributed by atoms with van der Waals surface area (Å²) < 4.78 is 0. The van der Waals surface area contributed by atoms with Crippen molar-refractivity contribution in [2.24, 2.45) is 0 Å². The minimum atomic E-state index is 0.803. The molecular weight excluding hydrogens is 350 g/mol. The fourth-order valence-electron chi connectivity index (χ4n) is 2.58. The van der Waals surface area contributed by atoms with E-state index in [0.717, 1.165) is 39.1 Å². The van der Waals surface area contributed by atoms with Crippen LogP contribution in [0.5, 0.6) is 0 Å². The molecular formula is C18H17N5S2. The molecule has 1 fully saturated rings. The highest BCUT2D eigenvalue weighted by Gasteiger charge is 2.17. The summed E-state index contributed by atoms with van der Waals surface area (Å²) in [4.78, 5) is 20.5. The second kappa shape index (κ2) is 7.84. The van der Waals surface area contributed by atoms with Gasteiger partial charge in [0, 0.05) is 31.5 Å². The molecule has 1 aliphatic rings. The van der Waals surface area contributed by atoms with E-state index in [2.05, 4.69) is 14.9 Å². The van der Waals surface area contributed by atoms with Crippen LogP contribution in [0.3, 0.4) is 0 Å². The maximum absolute atomic E-state index is 4.76. The number of rotatable bonds is 5. The van der Waals surface area contributed by atoms with Gasteiger partial charge in [0.2, 0.25) is 5.95 Å². The van der Waals surface area contributed by atoms with Crippen molar-refractivity contribution in [1.29, 1.82) is 0 Å². The molecule has 5 nitrogen and oxygen atoms in total. The molecule has 0 spiro atoms. The molecule has 0 N–H and O–H groups in total. The Hall–Kier alpha value is -2.12. The molecule has 0 aromatic carbocycles. The fourth-order valence-corrected chi connectivity index (χ4v) is 4.20. The second-order valence-corrected chi connectivity index (χ2v) is 7.66. The van der Waals surface area contributed by atoms with E-state index >= 15 is 0 Å². The summed E-state index contributed by atoms with van der Waals surface area (Å²) in [5.41, 5.74) is 0. The van der Waals surface area contributed by atoms with E-state index in [1.54, 1.807) is 35.9 Å². The molecule has 3 aromatic rings. The van der Waals surface area contributed by atoms with Gasteiger partial charge in [-0.2, -0.15) is 0 Å². The second-order valence-electron chi connectivity index (χ2n) is 5.58. The lowest BCUT2D eigenvalue weighted by molar-refractivity contribution is 0.843. The van der Waals surface area contributed by atoms with Gasteiger partial charge >= 0.3 is 0 Å². The molecule has 0 amide bonds. The predicted molar refractivity (Wildman–Crippen MR) is 100 cm³/mol. The summed E-state index contributed by atoms with van der Waals surface area (Å²) in [5, 5.41) is 3.69. The van der Waals surface area contributed by atoms with Crippen molar-refractivity contribution in [2.75, 3.05) is 18.0 Å². The van der Waals surface area contributed by atoms with E-state index in [1.807, 2.05) is 42.5 Å². The van der Waals surface area contributed by atoms with E-state index in [0.29, 0.717) is 0 Å². The van der Waals surface area contributed by atoms with Crippen molar-refractivity contribution >= 4 is 29.5 Å². The first-order valence-corrected chi connectivity index (χ1v) is 9.82. The van der Waals surface area contributed by atoms with Crippen LogP contribution in [0.15, 0.2) is 75.0 Å². The highest BCUT2D eigenvalue weighted by molar-refractivity contribution is 8.00. The van der Waals surface area contributed by atoms with Gasteiger partial charge in [-0.1, -0.05) is 12.1 Å². The van der Waals surface area contributed by atoms with Gasteiger partial charge in [0.25, 0.3) is 0 Å².